The summed E-state index contributed by atoms with van der Waals surface area (Å²) >= 11 is 0. The molecule has 6 nitrogen and oxygen atoms in total. The fourth-order valence-electron chi connectivity index (χ4n) is 1.59. The molecule has 0 radical (unpaired) electrons. The summed E-state index contributed by atoms with van der Waals surface area (Å²) in [4.78, 5) is 10.2. The van der Waals surface area contributed by atoms with Gasteiger partial charge >= 0.3 is 0 Å². The molecule has 1 heterocycles. The van der Waals surface area contributed by atoms with E-state index in [1.54, 1.807) is 0 Å². The monoisotopic (exact) mass is 225 g/mol. The summed E-state index contributed by atoms with van der Waals surface area (Å²) < 4.78 is 0. The minimum Gasteiger partial charge on any atom is -0.395 e. The molecule has 1 aromatic rings. The molecule has 0 saturated heterocycles. The molecule has 0 aliphatic heterocycles. The molecule has 0 spiro atoms. The van der Waals surface area contributed by atoms with E-state index in [1.165, 1.54) is 6.33 Å². The number of hydrazine groups is 1. The molecule has 0 amide bonds. The number of hydrogen-bond donors (Lipinski definition) is 3. The highest BCUT2D eigenvalue weighted by atomic mass is 16.3. The van der Waals surface area contributed by atoms with Gasteiger partial charge in [0.2, 0.25) is 0 Å². The first kappa shape index (κ1) is 12.7. The number of nitrogens with one attached hydrogen (secondary N) is 1. The molecule has 4 N–H and O–H groups in total. The number of aromatic nitrogens is 2. The highest BCUT2D eigenvalue weighted by Crippen LogP contribution is 2.23. The maximum absolute atomic E-state index is 8.92. The lowest BCUT2D eigenvalue weighted by Crippen LogP contribution is -2.25. The van der Waals surface area contributed by atoms with Gasteiger partial charge in [0.05, 0.1) is 6.61 Å². The van der Waals surface area contributed by atoms with Gasteiger partial charge in [-0.1, -0.05) is 13.3 Å². The van der Waals surface area contributed by atoms with E-state index in [4.69, 9.17) is 10.9 Å². The minimum atomic E-state index is 0.0947. The van der Waals surface area contributed by atoms with Crippen molar-refractivity contribution < 1.29 is 5.11 Å². The van der Waals surface area contributed by atoms with Crippen molar-refractivity contribution in [2.45, 2.75) is 19.8 Å². The Bertz CT molecular complexity index is 331. The number of anilines is 2. The van der Waals surface area contributed by atoms with E-state index < -0.39 is 0 Å². The van der Waals surface area contributed by atoms with Crippen molar-refractivity contribution in [2.75, 3.05) is 30.5 Å². The Kier molecular flexibility index (Phi) is 4.94. The molecule has 90 valence electrons. The van der Waals surface area contributed by atoms with Crippen LogP contribution in [-0.4, -0.2) is 35.3 Å². The van der Waals surface area contributed by atoms with Gasteiger partial charge in [0.1, 0.15) is 18.0 Å². The fourth-order valence-corrected chi connectivity index (χ4v) is 1.59. The zero-order valence-electron chi connectivity index (χ0n) is 9.77. The van der Waals surface area contributed by atoms with Gasteiger partial charge in [-0.3, -0.25) is 0 Å². The molecule has 0 fully saturated rings. The largest absolute Gasteiger partial charge is 0.395 e. The van der Waals surface area contributed by atoms with Crippen LogP contribution in [-0.2, 0) is 6.42 Å². The Morgan fingerprint density at radius 2 is 2.25 bits per heavy atom. The normalized spacial score (nSPS) is 10.2. The van der Waals surface area contributed by atoms with Crippen molar-refractivity contribution in [1.29, 1.82) is 0 Å². The van der Waals surface area contributed by atoms with Gasteiger partial charge in [-0.05, 0) is 6.42 Å². The topological polar surface area (TPSA) is 87.3 Å². The van der Waals surface area contributed by atoms with Crippen LogP contribution in [0.4, 0.5) is 11.6 Å². The summed E-state index contributed by atoms with van der Waals surface area (Å²) in [5, 5.41) is 8.92. The molecule has 16 heavy (non-hydrogen) atoms. The van der Waals surface area contributed by atoms with Gasteiger partial charge in [0.25, 0.3) is 0 Å². The van der Waals surface area contributed by atoms with Crippen LogP contribution >= 0.6 is 0 Å². The standard InChI is InChI=1S/C10H19N5O/c1-3-4-8-9(14-11)12-7-13-10(8)15(2)5-6-16/h7,16H,3-6,11H2,1-2H3,(H,12,13,14). The van der Waals surface area contributed by atoms with E-state index in [2.05, 4.69) is 22.3 Å². The molecule has 0 aromatic carbocycles. The number of hydrogen-bond acceptors (Lipinski definition) is 6. The first-order valence-corrected chi connectivity index (χ1v) is 5.37. The third-order valence-corrected chi connectivity index (χ3v) is 2.36. The van der Waals surface area contributed by atoms with Crippen molar-refractivity contribution in [3.8, 4) is 0 Å². The number of aliphatic hydroxyl groups excluding tert-OH is 1. The molecule has 0 aliphatic carbocycles. The maximum Gasteiger partial charge on any atom is 0.148 e. The zero-order valence-corrected chi connectivity index (χ0v) is 9.77. The number of likely N-dealkylation sites (N-methyl/N-ethyl adjacent to an activating group) is 1. The minimum absolute atomic E-state index is 0.0947. The van der Waals surface area contributed by atoms with Crippen LogP contribution < -0.4 is 16.2 Å². The highest BCUT2D eigenvalue weighted by molar-refractivity contribution is 5.58. The molecule has 0 atom stereocenters. The zero-order chi connectivity index (χ0) is 12.0. The highest BCUT2D eigenvalue weighted by Gasteiger charge is 2.13. The van der Waals surface area contributed by atoms with E-state index in [9.17, 15) is 0 Å². The average Bonchev–Trinajstić information content (AvgIpc) is 2.30. The first-order chi connectivity index (χ1) is 7.74. The second-order valence-corrected chi connectivity index (χ2v) is 3.56. The molecule has 1 aromatic heterocycles. The molecule has 0 aliphatic rings. The Balaban J connectivity index is 3.05. The third kappa shape index (κ3) is 2.80. The van der Waals surface area contributed by atoms with Crippen LogP contribution in [0.5, 0.6) is 0 Å². The van der Waals surface area contributed by atoms with E-state index in [1.807, 2.05) is 11.9 Å². The van der Waals surface area contributed by atoms with Gasteiger partial charge in [0.15, 0.2) is 0 Å². The lowest BCUT2D eigenvalue weighted by Gasteiger charge is -2.21. The lowest BCUT2D eigenvalue weighted by molar-refractivity contribution is 0.303. The summed E-state index contributed by atoms with van der Waals surface area (Å²) in [6.45, 7) is 2.72. The van der Waals surface area contributed by atoms with Gasteiger partial charge < -0.3 is 15.4 Å². The van der Waals surface area contributed by atoms with Crippen LogP contribution in [0.2, 0.25) is 0 Å². The summed E-state index contributed by atoms with van der Waals surface area (Å²) in [6.07, 6.45) is 3.31. The SMILES string of the molecule is CCCc1c(NN)ncnc1N(C)CCO. The van der Waals surface area contributed by atoms with Gasteiger partial charge in [0, 0.05) is 19.2 Å². The average molecular weight is 225 g/mol. The molecule has 0 unspecified atom stereocenters. The summed E-state index contributed by atoms with van der Waals surface area (Å²) in [6, 6.07) is 0. The van der Waals surface area contributed by atoms with E-state index in [-0.39, 0.29) is 6.61 Å². The lowest BCUT2D eigenvalue weighted by atomic mass is 10.1. The predicted octanol–water partition coefficient (Wildman–Crippen LogP) is 0.143. The fraction of sp³-hybridized carbons (Fsp3) is 0.600. The van der Waals surface area contributed by atoms with Crippen molar-refractivity contribution in [1.82, 2.24) is 9.97 Å². The Morgan fingerprint density at radius 1 is 1.50 bits per heavy atom. The van der Waals surface area contributed by atoms with Crippen LogP contribution in [0, 0.1) is 0 Å². The number of rotatable bonds is 6. The Labute approximate surface area is 95.5 Å². The van der Waals surface area contributed by atoms with Crippen LogP contribution in [0.3, 0.4) is 0 Å². The van der Waals surface area contributed by atoms with Gasteiger partial charge in [-0.15, -0.1) is 0 Å². The molecule has 1 rings (SSSR count). The summed E-state index contributed by atoms with van der Waals surface area (Å²) in [7, 11) is 1.89. The maximum atomic E-state index is 8.92. The number of nitrogens with two attached hydrogens (primary N) is 1. The smallest absolute Gasteiger partial charge is 0.148 e. The van der Waals surface area contributed by atoms with Crippen molar-refractivity contribution in [2.24, 2.45) is 5.84 Å². The number of nitrogen functional groups attached to an aromatic ring is 1. The van der Waals surface area contributed by atoms with Gasteiger partial charge in [-0.2, -0.15) is 0 Å². The Morgan fingerprint density at radius 3 is 2.81 bits per heavy atom. The van der Waals surface area contributed by atoms with Crippen molar-refractivity contribution in [3.63, 3.8) is 0 Å². The summed E-state index contributed by atoms with van der Waals surface area (Å²) in [5.74, 6) is 6.88. The van der Waals surface area contributed by atoms with E-state index in [0.717, 1.165) is 24.2 Å². The molecule has 0 bridgehead atoms. The third-order valence-electron chi connectivity index (χ3n) is 2.36. The quantitative estimate of drug-likeness (QED) is 0.471. The predicted molar refractivity (Wildman–Crippen MR) is 64.2 cm³/mol. The summed E-state index contributed by atoms with van der Waals surface area (Å²) in [5.41, 5.74) is 3.57. The molecule has 6 heteroatoms. The Hall–Kier alpha value is -1.40. The van der Waals surface area contributed by atoms with Crippen LogP contribution in [0.15, 0.2) is 6.33 Å². The van der Waals surface area contributed by atoms with Gasteiger partial charge in [-0.25, -0.2) is 15.8 Å². The molecule has 0 saturated carbocycles. The number of nitrogens with zero attached hydrogens (tertiary/aromatic N) is 3. The molecular formula is C10H19N5O. The molecular weight excluding hydrogens is 206 g/mol. The van der Waals surface area contributed by atoms with E-state index in [0.29, 0.717) is 12.4 Å². The first-order valence-electron chi connectivity index (χ1n) is 5.37. The second kappa shape index (κ2) is 6.24. The number of aliphatic hydroxyl groups is 1. The van der Waals surface area contributed by atoms with Crippen LogP contribution in [0.1, 0.15) is 18.9 Å². The second-order valence-electron chi connectivity index (χ2n) is 3.56. The van der Waals surface area contributed by atoms with E-state index >= 15 is 0 Å². The van der Waals surface area contributed by atoms with Crippen molar-refractivity contribution >= 4 is 11.6 Å². The van der Waals surface area contributed by atoms with Crippen LogP contribution in [0.25, 0.3) is 0 Å². The van der Waals surface area contributed by atoms with Crippen molar-refractivity contribution in [3.05, 3.63) is 11.9 Å².